The van der Waals surface area contributed by atoms with Crippen molar-refractivity contribution in [2.75, 3.05) is 73.0 Å². The molecule has 1 saturated heterocycles. The third-order valence-electron chi connectivity index (χ3n) is 9.89. The molecule has 3 N–H and O–H groups in total. The fourth-order valence-corrected chi connectivity index (χ4v) is 7.67. The van der Waals surface area contributed by atoms with E-state index in [4.69, 9.17) is 34.4 Å². The molecule has 0 spiro atoms. The van der Waals surface area contributed by atoms with Crippen molar-refractivity contribution < 1.29 is 42.9 Å². The van der Waals surface area contributed by atoms with Gasteiger partial charge in [0.15, 0.2) is 0 Å². The van der Waals surface area contributed by atoms with E-state index < -0.39 is 24.1 Å². The van der Waals surface area contributed by atoms with E-state index in [1.807, 2.05) is 11.8 Å². The Bertz CT molecular complexity index is 1610. The summed E-state index contributed by atoms with van der Waals surface area (Å²) >= 11 is 1.36. The number of aromatic nitrogens is 1. The van der Waals surface area contributed by atoms with Crippen molar-refractivity contribution in [1.29, 1.82) is 0 Å². The molecule has 1 saturated carbocycles. The van der Waals surface area contributed by atoms with E-state index in [9.17, 15) is 19.2 Å². The largest absolute Gasteiger partial charge is 0.491 e. The number of hydrogen-bond donors (Lipinski definition) is 2. The number of allylic oxidation sites excluding steroid dienone is 1. The number of nitrogens with zero attached hydrogens (tertiary/aromatic N) is 3. The van der Waals surface area contributed by atoms with Gasteiger partial charge in [-0.2, -0.15) is 0 Å². The number of amides is 3. The maximum atomic E-state index is 14.4. The molecular weight excluding hydrogens is 739 g/mol. The lowest BCUT2D eigenvalue weighted by Crippen LogP contribution is -2.56. The van der Waals surface area contributed by atoms with E-state index in [1.165, 1.54) is 23.3 Å². The number of thiazole rings is 1. The van der Waals surface area contributed by atoms with Crippen LogP contribution in [-0.4, -0.2) is 124 Å². The van der Waals surface area contributed by atoms with Crippen molar-refractivity contribution in [2.24, 2.45) is 11.7 Å². The fraction of sp³-hybridized carbons (Fsp3) is 0.585. The molecule has 0 bridgehead atoms. The lowest BCUT2D eigenvalue weighted by molar-refractivity contribution is -0.140. The first-order chi connectivity index (χ1) is 27.1. The number of carbonyl (C=O) groups excluding carboxylic acids is 4. The number of hydrogen-bond acceptors (Lipinski definition) is 12. The first-order valence-electron chi connectivity index (χ1n) is 19.6. The van der Waals surface area contributed by atoms with E-state index in [0.29, 0.717) is 93.3 Å². The molecule has 1 aromatic heterocycles. The molecule has 2 heterocycles. The lowest BCUT2D eigenvalue weighted by Gasteiger charge is -2.35. The van der Waals surface area contributed by atoms with Gasteiger partial charge in [0.2, 0.25) is 17.6 Å². The zero-order valence-electron chi connectivity index (χ0n) is 33.1. The van der Waals surface area contributed by atoms with Crippen LogP contribution in [-0.2, 0) is 28.5 Å². The zero-order valence-corrected chi connectivity index (χ0v) is 33.9. The minimum Gasteiger partial charge on any atom is -0.491 e. The summed E-state index contributed by atoms with van der Waals surface area (Å²) in [6.45, 7) is 11.3. The summed E-state index contributed by atoms with van der Waals surface area (Å²) in [7, 11) is 1.50. The topological polar surface area (TPSA) is 172 Å². The molecule has 0 unspecified atom stereocenters. The first kappa shape index (κ1) is 44.6. The van der Waals surface area contributed by atoms with Gasteiger partial charge in [-0.3, -0.25) is 19.3 Å². The molecule has 1 aliphatic carbocycles. The number of carbonyl (C=O) groups is 4. The number of likely N-dealkylation sites (tertiary alicyclic amines) is 1. The number of nitrogens with two attached hydrogens (primary N) is 1. The summed E-state index contributed by atoms with van der Waals surface area (Å²) in [5, 5.41) is 5.45. The van der Waals surface area contributed by atoms with Gasteiger partial charge in [-0.15, -0.1) is 11.3 Å². The second kappa shape index (κ2) is 23.8. The molecule has 2 fully saturated rings. The molecule has 2 aliphatic rings. The molecule has 14 nitrogen and oxygen atoms in total. The van der Waals surface area contributed by atoms with Crippen molar-refractivity contribution in [2.45, 2.75) is 76.9 Å². The van der Waals surface area contributed by atoms with E-state index >= 15 is 0 Å². The van der Waals surface area contributed by atoms with Crippen LogP contribution in [0.15, 0.2) is 53.9 Å². The number of ether oxygens (including phenoxy) is 5. The maximum Gasteiger partial charge on any atom is 0.410 e. The summed E-state index contributed by atoms with van der Waals surface area (Å²) in [5.74, 6) is -0.323. The highest BCUT2D eigenvalue weighted by Gasteiger charge is 2.41. The Labute approximate surface area is 334 Å². The Morgan fingerprint density at radius 2 is 1.71 bits per heavy atom. The van der Waals surface area contributed by atoms with E-state index in [-0.39, 0.29) is 30.3 Å². The van der Waals surface area contributed by atoms with Gasteiger partial charge in [-0.1, -0.05) is 50.1 Å². The standard InChI is InChI=1S/C41H59N5O9S/c1-5-11-29(2)27-55-41(50)45(4)30(3)38(48)44-36(31-12-7-6-8-13-31)40(49)46-18-10-16-35(46)39-43-34(28-56-39)37(47)32-14-9-15-33(26-32)54-25-24-53-23-22-52-21-20-51-19-17-42/h5,9,11,14-15,26,28,30-31,35-36H,2,6-8,10,12-13,16-25,27,42H2,1,3-4H3,(H,44,48)/t30-,35-,36-/m0/s1. The molecule has 56 heavy (non-hydrogen) atoms. The highest BCUT2D eigenvalue weighted by Crippen LogP contribution is 2.36. The molecule has 4 rings (SSSR count). The van der Waals surface area contributed by atoms with Crippen molar-refractivity contribution in [1.82, 2.24) is 20.1 Å². The maximum absolute atomic E-state index is 14.4. The Morgan fingerprint density at radius 1 is 1.02 bits per heavy atom. The van der Waals surface area contributed by atoms with Crippen LogP contribution in [0.4, 0.5) is 4.79 Å². The van der Waals surface area contributed by atoms with Gasteiger partial charge in [0.05, 0.1) is 45.7 Å². The molecule has 1 aromatic carbocycles. The minimum absolute atomic E-state index is 0.00761. The van der Waals surface area contributed by atoms with Gasteiger partial charge in [0.25, 0.3) is 0 Å². The number of ketones is 1. The van der Waals surface area contributed by atoms with E-state index in [2.05, 4.69) is 11.9 Å². The normalized spacial score (nSPS) is 17.1. The van der Waals surface area contributed by atoms with Crippen LogP contribution >= 0.6 is 11.3 Å². The highest BCUT2D eigenvalue weighted by molar-refractivity contribution is 7.10. The number of rotatable bonds is 23. The molecule has 1 aliphatic heterocycles. The minimum atomic E-state index is -0.876. The Hall–Kier alpha value is -4.15. The van der Waals surface area contributed by atoms with Gasteiger partial charge in [-0.25, -0.2) is 9.78 Å². The van der Waals surface area contributed by atoms with Crippen molar-refractivity contribution >= 4 is 35.0 Å². The quantitative estimate of drug-likeness (QED) is 0.0873. The van der Waals surface area contributed by atoms with Gasteiger partial charge in [0, 0.05) is 31.1 Å². The Balaban J connectivity index is 1.34. The summed E-state index contributed by atoms with van der Waals surface area (Å²) < 4.78 is 27.4. The van der Waals surface area contributed by atoms with Crippen LogP contribution in [0.5, 0.6) is 5.75 Å². The zero-order chi connectivity index (χ0) is 40.3. The van der Waals surface area contributed by atoms with Crippen molar-refractivity contribution in [3.8, 4) is 5.75 Å². The van der Waals surface area contributed by atoms with Crippen molar-refractivity contribution in [3.63, 3.8) is 0 Å². The Kier molecular flexibility index (Phi) is 18.9. The van der Waals surface area contributed by atoms with E-state index in [0.717, 1.165) is 38.5 Å². The number of likely N-dealkylation sites (N-methyl/N-ethyl adjacent to an activating group) is 1. The SMILES string of the molecule is C=C(C=CC)COC(=O)N(C)[C@@H](C)C(=O)N[C@H](C(=O)N1CCC[C@H]1c1nc(C(=O)c2cccc(OCCOCCOCCOCCN)c2)cs1)C1CCCCC1. The molecule has 2 aromatic rings. The van der Waals surface area contributed by atoms with Crippen LogP contribution in [0, 0.1) is 5.92 Å². The summed E-state index contributed by atoms with van der Waals surface area (Å²) in [4.78, 5) is 62.1. The summed E-state index contributed by atoms with van der Waals surface area (Å²) in [6.07, 6.45) is 9.05. The van der Waals surface area contributed by atoms with Crippen molar-refractivity contribution in [3.05, 3.63) is 70.2 Å². The first-order valence-corrected chi connectivity index (χ1v) is 20.5. The lowest BCUT2D eigenvalue weighted by atomic mass is 9.83. The third kappa shape index (κ3) is 13.5. The monoisotopic (exact) mass is 797 g/mol. The van der Waals surface area contributed by atoms with E-state index in [1.54, 1.807) is 48.7 Å². The second-order valence-corrected chi connectivity index (χ2v) is 14.9. The third-order valence-corrected chi connectivity index (χ3v) is 10.8. The molecule has 3 amide bonds. The number of benzene rings is 1. The summed E-state index contributed by atoms with van der Waals surface area (Å²) in [5.41, 5.74) is 6.75. The van der Waals surface area contributed by atoms with Crippen LogP contribution in [0.2, 0.25) is 0 Å². The van der Waals surface area contributed by atoms with Gasteiger partial charge in [-0.05, 0) is 63.2 Å². The molecular formula is C41H59N5O9S. The molecule has 3 atom stereocenters. The van der Waals surface area contributed by atoms with Gasteiger partial charge < -0.3 is 39.6 Å². The van der Waals surface area contributed by atoms with Crippen LogP contribution in [0.1, 0.15) is 85.9 Å². The van der Waals surface area contributed by atoms with Crippen LogP contribution in [0.25, 0.3) is 0 Å². The van der Waals surface area contributed by atoms with Crippen LogP contribution < -0.4 is 15.8 Å². The predicted molar refractivity (Wildman–Crippen MR) is 214 cm³/mol. The van der Waals surface area contributed by atoms with Gasteiger partial charge >= 0.3 is 6.09 Å². The molecule has 0 radical (unpaired) electrons. The fourth-order valence-electron chi connectivity index (χ4n) is 6.73. The average molecular weight is 798 g/mol. The predicted octanol–water partition coefficient (Wildman–Crippen LogP) is 5.08. The van der Waals surface area contributed by atoms with Crippen LogP contribution in [0.3, 0.4) is 0 Å². The van der Waals surface area contributed by atoms with Gasteiger partial charge in [0.1, 0.15) is 41.7 Å². The smallest absolute Gasteiger partial charge is 0.410 e. The Morgan fingerprint density at radius 3 is 2.41 bits per heavy atom. The average Bonchev–Trinajstić information content (AvgIpc) is 3.91. The number of nitrogens with one attached hydrogen (secondary N) is 1. The second-order valence-electron chi connectivity index (χ2n) is 14.0. The highest BCUT2D eigenvalue weighted by atomic mass is 32.1. The molecule has 15 heteroatoms. The summed E-state index contributed by atoms with van der Waals surface area (Å²) in [6, 6.07) is 5.01. The molecule has 308 valence electrons.